The Bertz CT molecular complexity index is 103. The Kier molecular flexibility index (Phi) is 3.88. The van der Waals surface area contributed by atoms with Gasteiger partial charge in [0, 0.05) is 0 Å². The first-order valence-electron chi connectivity index (χ1n) is 1.81. The van der Waals surface area contributed by atoms with Gasteiger partial charge in [0.25, 0.3) is 0 Å². The first kappa shape index (κ1) is 7.17. The van der Waals surface area contributed by atoms with E-state index >= 15 is 0 Å². The Morgan fingerprint density at radius 1 is 2.00 bits per heavy atom. The number of rotatable bonds is 2. The van der Waals surface area contributed by atoms with Gasteiger partial charge in [0.15, 0.2) is 8.61 Å². The molecule has 6 heteroatoms. The van der Waals surface area contributed by atoms with Crippen LogP contribution >= 0.6 is 8.61 Å². The molecule has 3 N–H and O–H groups in total. The van der Waals surface area contributed by atoms with E-state index in [1.807, 2.05) is 0 Å². The molecule has 0 aliphatic rings. The van der Waals surface area contributed by atoms with Crippen LogP contribution in [0.25, 0.3) is 0 Å². The molecule has 47 valence electrons. The van der Waals surface area contributed by atoms with E-state index in [-0.39, 0.29) is 5.96 Å². The average Bonchev–Trinajstić information content (AvgIpc) is 1.68. The standard InChI is InChI=1S/C2H7N3O2P/c1-7-4-2(3)5-8-6/h8H,1H3,(H3,3,4,5,6). The fourth-order valence-electron chi connectivity index (χ4n) is 0.173. The van der Waals surface area contributed by atoms with Gasteiger partial charge in [0.05, 0.1) is 0 Å². The van der Waals surface area contributed by atoms with E-state index in [0.29, 0.717) is 0 Å². The molecular weight excluding hydrogens is 129 g/mol. The lowest BCUT2D eigenvalue weighted by Gasteiger charge is -1.91. The summed E-state index contributed by atoms with van der Waals surface area (Å²) in [7, 11) is 0.662. The van der Waals surface area contributed by atoms with Gasteiger partial charge in [-0.3, -0.25) is 9.65 Å². The maximum absolute atomic E-state index is 9.72. The van der Waals surface area contributed by atoms with Crippen molar-refractivity contribution in [3.05, 3.63) is 0 Å². The molecule has 0 fully saturated rings. The fourth-order valence-corrected chi connectivity index (χ4v) is 0.324. The maximum Gasteiger partial charge on any atom is 0.239 e. The molecule has 0 spiro atoms. The van der Waals surface area contributed by atoms with Crippen LogP contribution in [0.1, 0.15) is 0 Å². The van der Waals surface area contributed by atoms with Gasteiger partial charge in [0.1, 0.15) is 7.11 Å². The van der Waals surface area contributed by atoms with Crippen molar-refractivity contribution in [2.24, 2.45) is 10.9 Å². The first-order valence-corrected chi connectivity index (χ1v) is 2.72. The number of nitrogens with one attached hydrogen (secondary N) is 1. The number of hydrogen-bond acceptors (Lipinski definition) is 3. The van der Waals surface area contributed by atoms with Gasteiger partial charge in [-0.25, -0.2) is 0 Å². The third-order valence-corrected chi connectivity index (χ3v) is 0.727. The molecule has 0 aliphatic heterocycles. The van der Waals surface area contributed by atoms with Crippen LogP contribution in [-0.2, 0) is 9.40 Å². The Hall–Kier alpha value is -0.830. The summed E-state index contributed by atoms with van der Waals surface area (Å²) in [5.74, 6) is 0.0147. The topological polar surface area (TPSA) is 76.7 Å². The molecule has 0 aromatic carbocycles. The van der Waals surface area contributed by atoms with Crippen LogP contribution in [0.2, 0.25) is 0 Å². The van der Waals surface area contributed by atoms with Crippen LogP contribution in [0.5, 0.6) is 0 Å². The molecule has 5 nitrogen and oxygen atoms in total. The van der Waals surface area contributed by atoms with Gasteiger partial charge in [-0.15, -0.1) is 0 Å². The van der Waals surface area contributed by atoms with E-state index < -0.39 is 8.61 Å². The van der Waals surface area contributed by atoms with Crippen molar-refractivity contribution >= 4 is 14.6 Å². The third-order valence-electron chi connectivity index (χ3n) is 0.369. The van der Waals surface area contributed by atoms with Crippen LogP contribution in [0.3, 0.4) is 0 Å². The highest BCUT2D eigenvalue weighted by Gasteiger charge is 1.82. The molecule has 1 radical (unpaired) electrons. The minimum absolute atomic E-state index is 0.0147. The number of oxime groups is 1. The lowest BCUT2D eigenvalue weighted by atomic mass is 11.1. The summed E-state index contributed by atoms with van der Waals surface area (Å²) in [6, 6.07) is 0. The zero-order valence-electron chi connectivity index (χ0n) is 4.34. The van der Waals surface area contributed by atoms with Crippen molar-refractivity contribution in [2.45, 2.75) is 0 Å². The first-order chi connectivity index (χ1) is 3.81. The monoisotopic (exact) mass is 136 g/mol. The lowest BCUT2D eigenvalue weighted by Crippen LogP contribution is -2.23. The predicted octanol–water partition coefficient (Wildman–Crippen LogP) is -0.609. The lowest BCUT2D eigenvalue weighted by molar-refractivity contribution is 0.212. The van der Waals surface area contributed by atoms with Gasteiger partial charge in [-0.1, -0.05) is 0 Å². The van der Waals surface area contributed by atoms with Crippen molar-refractivity contribution in [3.63, 3.8) is 0 Å². The quantitative estimate of drug-likeness (QED) is 0.230. The summed E-state index contributed by atoms with van der Waals surface area (Å²) >= 11 is 0. The van der Waals surface area contributed by atoms with Crippen LogP contribution < -0.4 is 10.8 Å². The van der Waals surface area contributed by atoms with Gasteiger partial charge in [-0.2, -0.15) is 0 Å². The third kappa shape index (κ3) is 3.36. The molecule has 0 aromatic heterocycles. The summed E-state index contributed by atoms with van der Waals surface area (Å²) in [4.78, 5) is 4.22. The zero-order chi connectivity index (χ0) is 6.41. The molecular formula is C2H7N3O2P. The number of guanidine groups is 1. The van der Waals surface area contributed by atoms with Gasteiger partial charge >= 0.3 is 0 Å². The highest BCUT2D eigenvalue weighted by molar-refractivity contribution is 7.22. The molecule has 0 amide bonds. The molecule has 0 bridgehead atoms. The van der Waals surface area contributed by atoms with Crippen LogP contribution in [0, 0.1) is 0 Å². The molecule has 1 unspecified atom stereocenters. The average molecular weight is 136 g/mol. The van der Waals surface area contributed by atoms with Crippen LogP contribution in [-0.4, -0.2) is 13.1 Å². The maximum atomic E-state index is 9.72. The van der Waals surface area contributed by atoms with Gasteiger partial charge < -0.3 is 10.6 Å². The minimum Gasteiger partial charge on any atom is -0.396 e. The SMILES string of the molecule is CON=C(N)N[PH]=O. The molecule has 0 rings (SSSR count). The number of nitrogens with zero attached hydrogens (tertiary/aromatic N) is 1. The van der Waals surface area contributed by atoms with Crippen molar-refractivity contribution < 1.29 is 9.40 Å². The Morgan fingerprint density at radius 3 is 3.00 bits per heavy atom. The molecule has 0 aromatic rings. The van der Waals surface area contributed by atoms with Crippen molar-refractivity contribution in [2.75, 3.05) is 7.11 Å². The second kappa shape index (κ2) is 4.33. The van der Waals surface area contributed by atoms with E-state index in [2.05, 4.69) is 15.1 Å². The molecule has 0 aliphatic carbocycles. The Balaban J connectivity index is 3.44. The van der Waals surface area contributed by atoms with Crippen LogP contribution in [0.15, 0.2) is 5.16 Å². The van der Waals surface area contributed by atoms with Gasteiger partial charge in [-0.05, 0) is 5.16 Å². The van der Waals surface area contributed by atoms with E-state index in [9.17, 15) is 4.57 Å². The summed E-state index contributed by atoms with van der Waals surface area (Å²) in [5.41, 5.74) is 5.02. The van der Waals surface area contributed by atoms with E-state index in [4.69, 9.17) is 5.73 Å². The van der Waals surface area contributed by atoms with E-state index in [0.717, 1.165) is 0 Å². The molecule has 0 saturated carbocycles. The largest absolute Gasteiger partial charge is 0.396 e. The second-order valence-corrected chi connectivity index (χ2v) is 1.34. The summed E-state index contributed by atoms with van der Waals surface area (Å²) in [6.07, 6.45) is 0. The summed E-state index contributed by atoms with van der Waals surface area (Å²) in [5, 5.41) is 5.43. The second-order valence-electron chi connectivity index (χ2n) is 0.886. The molecule has 8 heavy (non-hydrogen) atoms. The van der Waals surface area contributed by atoms with Crippen molar-refractivity contribution in [1.29, 1.82) is 0 Å². The van der Waals surface area contributed by atoms with Crippen molar-refractivity contribution in [3.8, 4) is 0 Å². The van der Waals surface area contributed by atoms with Crippen LogP contribution in [0.4, 0.5) is 0 Å². The minimum atomic E-state index is -0.688. The molecule has 0 saturated heterocycles. The summed E-state index contributed by atoms with van der Waals surface area (Å²) in [6.45, 7) is 0. The Labute approximate surface area is 48.1 Å². The highest BCUT2D eigenvalue weighted by Crippen LogP contribution is 1.77. The zero-order valence-corrected chi connectivity index (χ0v) is 5.34. The number of hydrogen-bond donors (Lipinski definition) is 2. The predicted molar refractivity (Wildman–Crippen MR) is 30.8 cm³/mol. The van der Waals surface area contributed by atoms with E-state index in [1.54, 1.807) is 0 Å². The highest BCUT2D eigenvalue weighted by atomic mass is 31.1. The molecule has 1 atom stereocenters. The Morgan fingerprint density at radius 2 is 2.62 bits per heavy atom. The number of nitrogens with two attached hydrogens (primary N) is 1. The van der Waals surface area contributed by atoms with E-state index in [1.165, 1.54) is 7.11 Å². The summed E-state index contributed by atoms with van der Waals surface area (Å²) < 4.78 is 9.72. The fraction of sp³-hybridized carbons (Fsp3) is 0.500. The van der Waals surface area contributed by atoms with Crippen molar-refractivity contribution in [1.82, 2.24) is 5.09 Å². The van der Waals surface area contributed by atoms with Gasteiger partial charge in [0.2, 0.25) is 5.96 Å². The normalized spacial score (nSPS) is 11.4. The smallest absolute Gasteiger partial charge is 0.239 e. The molecule has 0 heterocycles.